The highest BCUT2D eigenvalue weighted by Crippen LogP contribution is 2.39. The molecule has 248 valence electrons. The molecule has 0 fully saturated rings. The van der Waals surface area contributed by atoms with E-state index in [9.17, 15) is 0 Å². The molecule has 3 heteroatoms. The summed E-state index contributed by atoms with van der Waals surface area (Å²) in [5, 5.41) is 4.63. The number of rotatable bonds is 6. The van der Waals surface area contributed by atoms with Crippen LogP contribution >= 0.6 is 0 Å². The molecule has 53 heavy (non-hydrogen) atoms. The molecule has 10 rings (SSSR count). The summed E-state index contributed by atoms with van der Waals surface area (Å²) in [5.74, 6) is 0.689. The van der Waals surface area contributed by atoms with Crippen LogP contribution in [0.4, 0.5) is 0 Å². The van der Waals surface area contributed by atoms with Crippen molar-refractivity contribution in [1.82, 2.24) is 9.97 Å². The fourth-order valence-electron chi connectivity index (χ4n) is 7.40. The predicted octanol–water partition coefficient (Wildman–Crippen LogP) is 13.5. The van der Waals surface area contributed by atoms with Crippen LogP contribution in [-0.4, -0.2) is 9.97 Å². The first-order valence-electron chi connectivity index (χ1n) is 17.9. The molecule has 0 aliphatic rings. The summed E-state index contributed by atoms with van der Waals surface area (Å²) in [7, 11) is 0. The van der Waals surface area contributed by atoms with E-state index in [0.717, 1.165) is 66.7 Å². The van der Waals surface area contributed by atoms with Gasteiger partial charge in [-0.1, -0.05) is 152 Å². The Labute approximate surface area is 307 Å². The van der Waals surface area contributed by atoms with Crippen molar-refractivity contribution in [2.75, 3.05) is 0 Å². The third kappa shape index (κ3) is 5.75. The van der Waals surface area contributed by atoms with Gasteiger partial charge in [-0.25, -0.2) is 9.97 Å². The quantitative estimate of drug-likeness (QED) is 0.176. The Hall–Kier alpha value is -7.10. The Morgan fingerprint density at radius 1 is 0.302 bits per heavy atom. The van der Waals surface area contributed by atoms with Gasteiger partial charge in [-0.3, -0.25) is 0 Å². The lowest BCUT2D eigenvalue weighted by Crippen LogP contribution is -1.96. The second kappa shape index (κ2) is 12.9. The van der Waals surface area contributed by atoms with Crippen LogP contribution < -0.4 is 0 Å². The number of furan rings is 1. The van der Waals surface area contributed by atoms with Crippen molar-refractivity contribution in [3.8, 4) is 67.3 Å². The number of aromatic nitrogens is 2. The van der Waals surface area contributed by atoms with E-state index in [1.54, 1.807) is 0 Å². The summed E-state index contributed by atoms with van der Waals surface area (Å²) in [4.78, 5) is 10.4. The molecule has 0 amide bonds. The number of hydrogen-bond donors (Lipinski definition) is 0. The molecule has 0 unspecified atom stereocenters. The third-order valence-electron chi connectivity index (χ3n) is 10.1. The lowest BCUT2D eigenvalue weighted by molar-refractivity contribution is 0.669. The minimum absolute atomic E-state index is 0.689. The van der Waals surface area contributed by atoms with Crippen molar-refractivity contribution in [2.24, 2.45) is 0 Å². The van der Waals surface area contributed by atoms with Gasteiger partial charge in [0.1, 0.15) is 11.2 Å². The van der Waals surface area contributed by atoms with Crippen LogP contribution in [0, 0.1) is 0 Å². The normalized spacial score (nSPS) is 11.4. The van der Waals surface area contributed by atoms with Gasteiger partial charge in [-0.15, -0.1) is 0 Å². The highest BCUT2D eigenvalue weighted by molar-refractivity contribution is 6.06. The first kappa shape index (κ1) is 30.7. The molecule has 0 spiro atoms. The monoisotopic (exact) mass is 676 g/mol. The highest BCUT2D eigenvalue weighted by Gasteiger charge is 2.16. The molecule has 0 saturated carbocycles. The molecule has 0 aliphatic heterocycles. The van der Waals surface area contributed by atoms with Gasteiger partial charge in [0.2, 0.25) is 0 Å². The lowest BCUT2D eigenvalue weighted by Gasteiger charge is -2.14. The molecule has 0 bridgehead atoms. The largest absolute Gasteiger partial charge is 0.456 e. The Bertz CT molecular complexity index is 2920. The van der Waals surface area contributed by atoms with Crippen molar-refractivity contribution >= 4 is 32.7 Å². The molecule has 2 aromatic heterocycles. The zero-order chi connectivity index (χ0) is 35.1. The van der Waals surface area contributed by atoms with E-state index in [-0.39, 0.29) is 0 Å². The smallest absolute Gasteiger partial charge is 0.160 e. The summed E-state index contributed by atoms with van der Waals surface area (Å²) < 4.78 is 6.20. The second-order valence-corrected chi connectivity index (χ2v) is 13.4. The average molecular weight is 677 g/mol. The van der Waals surface area contributed by atoms with Crippen LogP contribution in [0.5, 0.6) is 0 Å². The Morgan fingerprint density at radius 2 is 0.868 bits per heavy atom. The van der Waals surface area contributed by atoms with Gasteiger partial charge in [0.15, 0.2) is 5.82 Å². The van der Waals surface area contributed by atoms with E-state index in [4.69, 9.17) is 14.4 Å². The van der Waals surface area contributed by atoms with Crippen LogP contribution in [-0.2, 0) is 0 Å². The SMILES string of the molecule is c1ccc(-c2ccc(-c3cc(-c4cc(-c5ccc6oc7ccccc7c6c5)cc(-c5cccc6ccccc56)c4)nc(-c4ccccc4)n3)cc2)cc1. The average Bonchev–Trinajstić information content (AvgIpc) is 3.62. The van der Waals surface area contributed by atoms with E-state index in [2.05, 4.69) is 158 Å². The third-order valence-corrected chi connectivity index (χ3v) is 10.1. The van der Waals surface area contributed by atoms with Crippen molar-refractivity contribution in [3.05, 3.63) is 194 Å². The minimum atomic E-state index is 0.689. The van der Waals surface area contributed by atoms with E-state index in [1.807, 2.05) is 36.4 Å². The molecule has 0 radical (unpaired) electrons. The van der Waals surface area contributed by atoms with Gasteiger partial charge in [-0.2, -0.15) is 0 Å². The molecule has 0 N–H and O–H groups in total. The molecular weight excluding hydrogens is 645 g/mol. The van der Waals surface area contributed by atoms with Crippen molar-refractivity contribution in [1.29, 1.82) is 0 Å². The van der Waals surface area contributed by atoms with Gasteiger partial charge < -0.3 is 4.42 Å². The molecule has 10 aromatic rings. The molecular formula is C50H32N2O. The topological polar surface area (TPSA) is 38.9 Å². The van der Waals surface area contributed by atoms with Crippen molar-refractivity contribution in [2.45, 2.75) is 0 Å². The Balaban J connectivity index is 1.18. The van der Waals surface area contributed by atoms with Crippen LogP contribution in [0.3, 0.4) is 0 Å². The fraction of sp³-hybridized carbons (Fsp3) is 0. The number of benzene rings is 8. The zero-order valence-corrected chi connectivity index (χ0v) is 28.8. The van der Waals surface area contributed by atoms with Crippen LogP contribution in [0.2, 0.25) is 0 Å². The zero-order valence-electron chi connectivity index (χ0n) is 28.8. The maximum absolute atomic E-state index is 6.20. The van der Waals surface area contributed by atoms with E-state index < -0.39 is 0 Å². The maximum atomic E-state index is 6.20. The Kier molecular flexibility index (Phi) is 7.47. The number of nitrogens with zero attached hydrogens (tertiary/aromatic N) is 2. The second-order valence-electron chi connectivity index (χ2n) is 13.4. The minimum Gasteiger partial charge on any atom is -0.456 e. The summed E-state index contributed by atoms with van der Waals surface area (Å²) in [6.07, 6.45) is 0. The van der Waals surface area contributed by atoms with Gasteiger partial charge in [0.25, 0.3) is 0 Å². The standard InChI is InChI=1S/C50H32N2O/c1-3-12-33(13-4-1)34-22-24-36(25-23-34)46-32-47(52-50(51-46)37-15-5-2-6-16-37)41-29-39(28-40(30-41)43-20-11-17-35-14-7-8-18-42(35)43)38-26-27-49-45(31-38)44-19-9-10-21-48(44)53-49/h1-32H. The van der Waals surface area contributed by atoms with E-state index in [0.29, 0.717) is 5.82 Å². The number of fused-ring (bicyclic) bond motifs is 4. The lowest BCUT2D eigenvalue weighted by atomic mass is 9.91. The van der Waals surface area contributed by atoms with Crippen LogP contribution in [0.1, 0.15) is 0 Å². The summed E-state index contributed by atoms with van der Waals surface area (Å²) in [6.45, 7) is 0. The number of hydrogen-bond acceptors (Lipinski definition) is 3. The van der Waals surface area contributed by atoms with Gasteiger partial charge in [0, 0.05) is 27.5 Å². The summed E-state index contributed by atoms with van der Waals surface area (Å²) in [6, 6.07) is 68.2. The number of para-hydroxylation sites is 1. The molecule has 8 aromatic carbocycles. The Morgan fingerprint density at radius 3 is 1.68 bits per heavy atom. The first-order chi connectivity index (χ1) is 26.2. The highest BCUT2D eigenvalue weighted by atomic mass is 16.3. The molecule has 0 atom stereocenters. The van der Waals surface area contributed by atoms with E-state index >= 15 is 0 Å². The van der Waals surface area contributed by atoms with Crippen LogP contribution in [0.25, 0.3) is 100.0 Å². The molecule has 0 saturated heterocycles. The molecule has 0 aliphatic carbocycles. The summed E-state index contributed by atoms with van der Waals surface area (Å²) in [5.41, 5.74) is 13.4. The summed E-state index contributed by atoms with van der Waals surface area (Å²) >= 11 is 0. The van der Waals surface area contributed by atoms with Gasteiger partial charge in [0.05, 0.1) is 11.4 Å². The predicted molar refractivity (Wildman–Crippen MR) is 219 cm³/mol. The van der Waals surface area contributed by atoms with Gasteiger partial charge in [-0.05, 0) is 86.6 Å². The fourth-order valence-corrected chi connectivity index (χ4v) is 7.40. The van der Waals surface area contributed by atoms with Crippen LogP contribution in [0.15, 0.2) is 199 Å². The maximum Gasteiger partial charge on any atom is 0.160 e. The van der Waals surface area contributed by atoms with Crippen molar-refractivity contribution < 1.29 is 4.42 Å². The van der Waals surface area contributed by atoms with E-state index in [1.165, 1.54) is 27.5 Å². The van der Waals surface area contributed by atoms with Crippen molar-refractivity contribution in [3.63, 3.8) is 0 Å². The first-order valence-corrected chi connectivity index (χ1v) is 17.9. The van der Waals surface area contributed by atoms with Gasteiger partial charge >= 0.3 is 0 Å². The molecule has 2 heterocycles. The molecule has 3 nitrogen and oxygen atoms in total.